The standard InChI is InChI=1S/C66H56N4/c1-65(2)57-29-17-19-31-61(57)69(51-25-13-7-14-26-51)63-43-41-55(45-59(63)65)67(49-21-9-5-10-22-49)53-37-33-47(34-38-53)48-35-39-54(40-36-48)68(50-23-11-6-12-24-50)56-42-44-64-60(46-56)66(3,4)58-30-18-20-32-62(58)70(64)52-27-15-8-16-28-52/h5-7,9-15,17-46H,8,16H2,1-4H3. The molecule has 2 aliphatic heterocycles. The monoisotopic (exact) mass is 904 g/mol. The fourth-order valence-electron chi connectivity index (χ4n) is 11.2. The maximum atomic E-state index is 2.47. The lowest BCUT2D eigenvalue weighted by Gasteiger charge is -2.43. The van der Waals surface area contributed by atoms with Crippen molar-refractivity contribution in [2.75, 3.05) is 19.6 Å². The Morgan fingerprint density at radius 1 is 0.343 bits per heavy atom. The van der Waals surface area contributed by atoms with E-state index in [-0.39, 0.29) is 10.8 Å². The molecule has 9 aromatic carbocycles. The Morgan fingerprint density at radius 3 is 1.20 bits per heavy atom. The van der Waals surface area contributed by atoms with Crippen LogP contribution in [0.4, 0.5) is 62.6 Å². The van der Waals surface area contributed by atoms with Crippen LogP contribution >= 0.6 is 0 Å². The van der Waals surface area contributed by atoms with Gasteiger partial charge >= 0.3 is 0 Å². The van der Waals surface area contributed by atoms with Crippen molar-refractivity contribution in [3.63, 3.8) is 0 Å². The van der Waals surface area contributed by atoms with Gasteiger partial charge in [0.2, 0.25) is 0 Å². The van der Waals surface area contributed by atoms with E-state index < -0.39 is 0 Å². The predicted octanol–water partition coefficient (Wildman–Crippen LogP) is 18.4. The molecule has 340 valence electrons. The smallest absolute Gasteiger partial charge is 0.0504 e. The maximum absolute atomic E-state index is 2.47. The minimum Gasteiger partial charge on any atom is -0.310 e. The Balaban J connectivity index is 0.890. The first-order chi connectivity index (χ1) is 34.3. The Hall–Kier alpha value is -8.34. The average molecular weight is 905 g/mol. The molecule has 70 heavy (non-hydrogen) atoms. The summed E-state index contributed by atoms with van der Waals surface area (Å²) in [6.45, 7) is 9.46. The zero-order chi connectivity index (χ0) is 47.4. The van der Waals surface area contributed by atoms with Gasteiger partial charge in [-0.2, -0.15) is 0 Å². The van der Waals surface area contributed by atoms with E-state index in [2.05, 4.69) is 290 Å². The Kier molecular flexibility index (Phi) is 10.6. The zero-order valence-electron chi connectivity index (χ0n) is 40.3. The molecule has 12 rings (SSSR count). The zero-order valence-corrected chi connectivity index (χ0v) is 40.3. The summed E-state index contributed by atoms with van der Waals surface area (Å²) in [5.41, 5.74) is 21.1. The first kappa shape index (κ1) is 43.0. The molecule has 4 nitrogen and oxygen atoms in total. The predicted molar refractivity (Wildman–Crippen MR) is 295 cm³/mol. The molecule has 0 aromatic heterocycles. The fourth-order valence-corrected chi connectivity index (χ4v) is 11.2. The van der Waals surface area contributed by atoms with Crippen molar-refractivity contribution < 1.29 is 0 Å². The van der Waals surface area contributed by atoms with E-state index in [1.165, 1.54) is 50.7 Å². The van der Waals surface area contributed by atoms with Crippen LogP contribution in [-0.2, 0) is 10.8 Å². The number of allylic oxidation sites excluding steroid dienone is 3. The highest BCUT2D eigenvalue weighted by molar-refractivity contribution is 5.90. The van der Waals surface area contributed by atoms with E-state index in [1.807, 2.05) is 0 Å². The molecule has 0 amide bonds. The lowest BCUT2D eigenvalue weighted by Crippen LogP contribution is -2.32. The van der Waals surface area contributed by atoms with Gasteiger partial charge in [0, 0.05) is 56.3 Å². The minimum absolute atomic E-state index is 0.210. The second-order valence-corrected chi connectivity index (χ2v) is 19.7. The molecule has 0 saturated heterocycles. The van der Waals surface area contributed by atoms with E-state index in [9.17, 15) is 0 Å². The second-order valence-electron chi connectivity index (χ2n) is 19.7. The lowest BCUT2D eigenvalue weighted by atomic mass is 9.73. The third-order valence-electron chi connectivity index (χ3n) is 14.8. The van der Waals surface area contributed by atoms with Gasteiger partial charge in [-0.1, -0.05) is 155 Å². The summed E-state index contributed by atoms with van der Waals surface area (Å²) in [5.74, 6) is 0. The van der Waals surface area contributed by atoms with Crippen LogP contribution < -0.4 is 19.6 Å². The van der Waals surface area contributed by atoms with Crippen molar-refractivity contribution in [1.82, 2.24) is 0 Å². The van der Waals surface area contributed by atoms with E-state index in [4.69, 9.17) is 0 Å². The van der Waals surface area contributed by atoms with Gasteiger partial charge in [0.1, 0.15) is 0 Å². The van der Waals surface area contributed by atoms with Crippen LogP contribution in [0, 0.1) is 0 Å². The van der Waals surface area contributed by atoms with E-state index in [0.717, 1.165) is 63.8 Å². The van der Waals surface area contributed by atoms with E-state index in [1.54, 1.807) is 0 Å². The van der Waals surface area contributed by atoms with Crippen LogP contribution in [0.1, 0.15) is 62.8 Å². The summed E-state index contributed by atoms with van der Waals surface area (Å²) in [5, 5.41) is 0. The summed E-state index contributed by atoms with van der Waals surface area (Å²) in [6.07, 6.45) is 9.10. The number of hydrogen-bond donors (Lipinski definition) is 0. The molecule has 0 atom stereocenters. The Labute approximate surface area is 413 Å². The third kappa shape index (κ3) is 7.30. The molecule has 2 heterocycles. The highest BCUT2D eigenvalue weighted by atomic mass is 15.2. The normalized spacial score (nSPS) is 14.9. The molecule has 0 fully saturated rings. The number of fused-ring (bicyclic) bond motifs is 4. The summed E-state index contributed by atoms with van der Waals surface area (Å²) in [6, 6.07) is 82.2. The van der Waals surface area contributed by atoms with Crippen LogP contribution in [0.5, 0.6) is 0 Å². The fraction of sp³-hybridized carbons (Fsp3) is 0.121. The first-order valence-electron chi connectivity index (χ1n) is 24.7. The summed E-state index contributed by atoms with van der Waals surface area (Å²) in [4.78, 5) is 9.66. The van der Waals surface area contributed by atoms with Crippen LogP contribution in [0.3, 0.4) is 0 Å². The molecule has 0 spiro atoms. The quantitative estimate of drug-likeness (QED) is 0.143. The van der Waals surface area contributed by atoms with Crippen molar-refractivity contribution in [3.05, 3.63) is 271 Å². The van der Waals surface area contributed by atoms with Crippen molar-refractivity contribution in [2.45, 2.75) is 51.4 Å². The van der Waals surface area contributed by atoms with Gasteiger partial charge < -0.3 is 19.6 Å². The van der Waals surface area contributed by atoms with Gasteiger partial charge in [-0.15, -0.1) is 0 Å². The SMILES string of the molecule is CC1(C)c2ccccc2N(C2=CCCC=C2)c2ccc(N(c3ccccc3)c3ccc(-c4ccc(N(c5ccccc5)c5ccc6c(c5)C(C)(C)c5ccccc5N6c5ccccc5)cc4)cc3)cc21. The lowest BCUT2D eigenvalue weighted by molar-refractivity contribution is 0.630. The number of anilines is 11. The average Bonchev–Trinajstić information content (AvgIpc) is 3.41. The molecule has 0 N–H and O–H groups in total. The van der Waals surface area contributed by atoms with E-state index >= 15 is 0 Å². The van der Waals surface area contributed by atoms with Gasteiger partial charge in [-0.05, 0) is 161 Å². The summed E-state index contributed by atoms with van der Waals surface area (Å²) >= 11 is 0. The minimum atomic E-state index is -0.226. The van der Waals surface area contributed by atoms with Crippen LogP contribution in [0.2, 0.25) is 0 Å². The highest BCUT2D eigenvalue weighted by Gasteiger charge is 2.39. The van der Waals surface area contributed by atoms with Gasteiger partial charge in [-0.25, -0.2) is 0 Å². The topological polar surface area (TPSA) is 13.0 Å². The number of benzene rings is 9. The molecule has 0 saturated carbocycles. The van der Waals surface area contributed by atoms with Crippen molar-refractivity contribution >= 4 is 62.6 Å². The van der Waals surface area contributed by atoms with Gasteiger partial charge in [0.15, 0.2) is 0 Å². The molecule has 9 aromatic rings. The summed E-state index contributed by atoms with van der Waals surface area (Å²) < 4.78 is 0. The highest BCUT2D eigenvalue weighted by Crippen LogP contribution is 2.55. The third-order valence-corrected chi connectivity index (χ3v) is 14.8. The number of hydrogen-bond acceptors (Lipinski definition) is 4. The number of para-hydroxylation sites is 5. The molecule has 1 aliphatic carbocycles. The maximum Gasteiger partial charge on any atom is 0.0504 e. The largest absolute Gasteiger partial charge is 0.310 e. The van der Waals surface area contributed by atoms with Gasteiger partial charge in [0.05, 0.1) is 22.7 Å². The number of nitrogens with zero attached hydrogens (tertiary/aromatic N) is 4. The molecule has 3 aliphatic rings. The van der Waals surface area contributed by atoms with Crippen LogP contribution in [0.15, 0.2) is 248 Å². The molecule has 0 bridgehead atoms. The molecule has 0 radical (unpaired) electrons. The molecular weight excluding hydrogens is 849 g/mol. The van der Waals surface area contributed by atoms with Gasteiger partial charge in [0.25, 0.3) is 0 Å². The van der Waals surface area contributed by atoms with Crippen molar-refractivity contribution in [2.24, 2.45) is 0 Å². The van der Waals surface area contributed by atoms with Crippen LogP contribution in [-0.4, -0.2) is 0 Å². The number of rotatable bonds is 9. The van der Waals surface area contributed by atoms with Crippen LogP contribution in [0.25, 0.3) is 11.1 Å². The second kappa shape index (κ2) is 17.3. The first-order valence-corrected chi connectivity index (χ1v) is 24.7. The molecule has 0 unspecified atom stereocenters. The Bertz CT molecular complexity index is 3420. The Morgan fingerprint density at radius 2 is 0.729 bits per heavy atom. The van der Waals surface area contributed by atoms with E-state index in [0.29, 0.717) is 0 Å². The molecular formula is C66H56N4. The van der Waals surface area contributed by atoms with Gasteiger partial charge in [-0.3, -0.25) is 0 Å². The van der Waals surface area contributed by atoms with Crippen molar-refractivity contribution in [3.8, 4) is 11.1 Å². The summed E-state index contributed by atoms with van der Waals surface area (Å²) in [7, 11) is 0. The van der Waals surface area contributed by atoms with Crippen molar-refractivity contribution in [1.29, 1.82) is 0 Å². The molecule has 4 heteroatoms.